The third-order valence-electron chi connectivity index (χ3n) is 8.28. The molecular weight excluding hydrogens is 681 g/mol. The number of aliphatic carboxylic acids is 1. The van der Waals surface area contributed by atoms with E-state index in [9.17, 15) is 31.9 Å². The standard InChI is InChI=1S/C30H38Cl2FN5O3.C2HF3O2/c1-3-4-23-18-37(26(27(39)35-2)16-20-7-8-21(31)17-24(20)32)13-14-38(23)28(40)25(36-29(41)30(34)11-12-30)15-19-5-9-22(33)10-6-19;3-2(4,5)1(6)7/h5-10,17,23,25-26H,3-4,11-16,18,34H2,1-2H3,(H,35,39)(H,36,41);(H,6,7). The average molecular weight is 721 g/mol. The molecule has 0 spiro atoms. The molecule has 0 bridgehead atoms. The number of likely N-dealkylation sites (N-methyl/N-ethyl adjacent to an activating group) is 1. The van der Waals surface area contributed by atoms with E-state index in [4.69, 9.17) is 38.8 Å². The molecule has 0 aromatic heterocycles. The topological polar surface area (TPSA) is 145 Å². The molecule has 10 nitrogen and oxygen atoms in total. The van der Waals surface area contributed by atoms with Crippen LogP contribution in [-0.2, 0) is 32.0 Å². The summed E-state index contributed by atoms with van der Waals surface area (Å²) in [6.07, 6.45) is -1.77. The Bertz CT molecular complexity index is 1460. The maximum absolute atomic E-state index is 14.0. The smallest absolute Gasteiger partial charge is 0.475 e. The molecule has 0 radical (unpaired) electrons. The van der Waals surface area contributed by atoms with Crippen molar-refractivity contribution in [1.29, 1.82) is 0 Å². The van der Waals surface area contributed by atoms with Crippen LogP contribution in [0, 0.1) is 5.82 Å². The van der Waals surface area contributed by atoms with E-state index in [1.165, 1.54) is 12.1 Å². The Balaban J connectivity index is 0.000000804. The van der Waals surface area contributed by atoms with Crippen molar-refractivity contribution in [1.82, 2.24) is 20.4 Å². The second-order valence-corrected chi connectivity index (χ2v) is 12.7. The monoisotopic (exact) mass is 719 g/mol. The van der Waals surface area contributed by atoms with E-state index in [-0.39, 0.29) is 36.0 Å². The molecule has 2 aromatic rings. The number of benzene rings is 2. The maximum Gasteiger partial charge on any atom is 0.490 e. The molecule has 2 aliphatic rings. The molecule has 1 heterocycles. The van der Waals surface area contributed by atoms with Crippen LogP contribution in [0.15, 0.2) is 42.5 Å². The van der Waals surface area contributed by atoms with Gasteiger partial charge in [0.1, 0.15) is 11.9 Å². The van der Waals surface area contributed by atoms with E-state index in [1.54, 1.807) is 31.3 Å². The van der Waals surface area contributed by atoms with E-state index in [0.29, 0.717) is 48.9 Å². The number of nitrogens with zero attached hydrogens (tertiary/aromatic N) is 2. The number of carbonyl (C=O) groups excluding carboxylic acids is 3. The summed E-state index contributed by atoms with van der Waals surface area (Å²) in [5, 5.41) is 13.8. The van der Waals surface area contributed by atoms with Crippen LogP contribution in [0.1, 0.15) is 43.7 Å². The first kappa shape index (κ1) is 39.0. The zero-order chi connectivity index (χ0) is 35.8. The fraction of sp³-hybridized carbons (Fsp3) is 0.500. The van der Waals surface area contributed by atoms with Crippen LogP contribution in [0.2, 0.25) is 10.0 Å². The van der Waals surface area contributed by atoms with Crippen molar-refractivity contribution in [3.05, 3.63) is 69.5 Å². The summed E-state index contributed by atoms with van der Waals surface area (Å²) < 4.78 is 45.3. The second kappa shape index (κ2) is 16.8. The van der Waals surface area contributed by atoms with Crippen LogP contribution in [0.25, 0.3) is 0 Å². The SMILES string of the molecule is CCCC1CN(C(Cc2ccc(Cl)cc2Cl)C(=O)NC)CCN1C(=O)C(Cc1ccc(F)cc1)NC(=O)C1(N)CC1.O=C(O)C(F)(F)F. The highest BCUT2D eigenvalue weighted by Gasteiger charge is 2.47. The summed E-state index contributed by atoms with van der Waals surface area (Å²) in [5.41, 5.74) is 6.74. The molecule has 2 aromatic carbocycles. The molecule has 4 rings (SSSR count). The molecule has 1 aliphatic heterocycles. The number of hydrogen-bond acceptors (Lipinski definition) is 6. The molecule has 3 atom stereocenters. The number of carboxylic acids is 1. The molecule has 1 saturated carbocycles. The first-order chi connectivity index (χ1) is 22.5. The molecular formula is C32H39Cl2F4N5O5. The number of carbonyl (C=O) groups is 4. The first-order valence-corrected chi connectivity index (χ1v) is 16.1. The van der Waals surface area contributed by atoms with Gasteiger partial charge in [0.15, 0.2) is 0 Å². The first-order valence-electron chi connectivity index (χ1n) is 15.3. The minimum atomic E-state index is -5.08. The highest BCUT2D eigenvalue weighted by atomic mass is 35.5. The highest BCUT2D eigenvalue weighted by Crippen LogP contribution is 2.32. The minimum Gasteiger partial charge on any atom is -0.475 e. The zero-order valence-corrected chi connectivity index (χ0v) is 28.0. The molecule has 2 fully saturated rings. The number of piperazine rings is 1. The van der Waals surface area contributed by atoms with E-state index in [2.05, 4.69) is 15.5 Å². The van der Waals surface area contributed by atoms with Crippen molar-refractivity contribution < 1.29 is 41.8 Å². The number of nitrogens with two attached hydrogens (primary N) is 1. The molecule has 16 heteroatoms. The van der Waals surface area contributed by atoms with E-state index >= 15 is 0 Å². The number of alkyl halides is 3. The predicted octanol–water partition coefficient (Wildman–Crippen LogP) is 3.95. The number of rotatable bonds is 11. The molecule has 1 aliphatic carbocycles. The van der Waals surface area contributed by atoms with E-state index in [0.717, 1.165) is 24.0 Å². The van der Waals surface area contributed by atoms with Gasteiger partial charge in [-0.25, -0.2) is 9.18 Å². The zero-order valence-electron chi connectivity index (χ0n) is 26.5. The Morgan fingerprint density at radius 3 is 2.21 bits per heavy atom. The van der Waals surface area contributed by atoms with Gasteiger partial charge in [-0.15, -0.1) is 0 Å². The van der Waals surface area contributed by atoms with Gasteiger partial charge in [0.2, 0.25) is 17.7 Å². The third-order valence-corrected chi connectivity index (χ3v) is 8.86. The van der Waals surface area contributed by atoms with Crippen LogP contribution < -0.4 is 16.4 Å². The van der Waals surface area contributed by atoms with Crippen LogP contribution in [0.4, 0.5) is 17.6 Å². The summed E-state index contributed by atoms with van der Waals surface area (Å²) in [4.78, 5) is 52.8. The normalized spacial score (nSPS) is 18.5. The Kier molecular flexibility index (Phi) is 13.6. The van der Waals surface area contributed by atoms with E-state index < -0.39 is 29.8 Å². The number of carboxylic acid groups (broad SMARTS) is 1. The Morgan fingerprint density at radius 1 is 1.06 bits per heavy atom. The minimum absolute atomic E-state index is 0.134. The van der Waals surface area contributed by atoms with Gasteiger partial charge in [0.05, 0.1) is 11.6 Å². The van der Waals surface area contributed by atoms with Crippen LogP contribution in [-0.4, -0.2) is 95.1 Å². The van der Waals surface area contributed by atoms with Gasteiger partial charge in [-0.2, -0.15) is 13.2 Å². The van der Waals surface area contributed by atoms with Crippen molar-refractivity contribution in [2.45, 2.75) is 75.3 Å². The van der Waals surface area contributed by atoms with Gasteiger partial charge in [0.25, 0.3) is 0 Å². The Morgan fingerprint density at radius 2 is 1.69 bits per heavy atom. The van der Waals surface area contributed by atoms with Crippen molar-refractivity contribution in [2.24, 2.45) is 5.73 Å². The summed E-state index contributed by atoms with van der Waals surface area (Å²) in [6.45, 7) is 3.39. The van der Waals surface area contributed by atoms with Gasteiger partial charge < -0.3 is 26.4 Å². The largest absolute Gasteiger partial charge is 0.490 e. The van der Waals surface area contributed by atoms with Gasteiger partial charge in [0, 0.05) is 49.2 Å². The summed E-state index contributed by atoms with van der Waals surface area (Å²) >= 11 is 12.5. The van der Waals surface area contributed by atoms with Gasteiger partial charge >= 0.3 is 12.1 Å². The summed E-state index contributed by atoms with van der Waals surface area (Å²) in [5.74, 6) is -3.81. The molecule has 1 saturated heterocycles. The third kappa shape index (κ3) is 10.8. The fourth-order valence-electron chi connectivity index (χ4n) is 5.40. The van der Waals surface area contributed by atoms with Gasteiger partial charge in [-0.05, 0) is 61.1 Å². The molecule has 3 amide bonds. The lowest BCUT2D eigenvalue weighted by Crippen LogP contribution is -2.63. The Hall–Kier alpha value is -3.46. The average Bonchev–Trinajstić information content (AvgIpc) is 3.79. The predicted molar refractivity (Wildman–Crippen MR) is 172 cm³/mol. The molecule has 5 N–H and O–H groups in total. The van der Waals surface area contributed by atoms with Crippen LogP contribution in [0.5, 0.6) is 0 Å². The van der Waals surface area contributed by atoms with Crippen LogP contribution in [0.3, 0.4) is 0 Å². The van der Waals surface area contributed by atoms with E-state index in [1.807, 2.05) is 17.9 Å². The fourth-order valence-corrected chi connectivity index (χ4v) is 5.89. The lowest BCUT2D eigenvalue weighted by molar-refractivity contribution is -0.192. The molecule has 264 valence electrons. The van der Waals surface area contributed by atoms with Crippen molar-refractivity contribution in [3.63, 3.8) is 0 Å². The van der Waals surface area contributed by atoms with Crippen molar-refractivity contribution in [3.8, 4) is 0 Å². The maximum atomic E-state index is 14.0. The molecule has 48 heavy (non-hydrogen) atoms. The lowest BCUT2D eigenvalue weighted by Gasteiger charge is -2.45. The number of nitrogens with one attached hydrogen (secondary N) is 2. The quantitative estimate of drug-likeness (QED) is 0.258. The molecule has 3 unspecified atom stereocenters. The summed E-state index contributed by atoms with van der Waals surface area (Å²) in [6, 6.07) is 9.66. The highest BCUT2D eigenvalue weighted by molar-refractivity contribution is 6.35. The summed E-state index contributed by atoms with van der Waals surface area (Å²) in [7, 11) is 1.61. The van der Waals surface area contributed by atoms with Crippen molar-refractivity contribution >= 4 is 46.9 Å². The number of halogens is 6. The second-order valence-electron chi connectivity index (χ2n) is 11.9. The Labute approximate surface area is 285 Å². The number of amides is 3. The van der Waals surface area contributed by atoms with Gasteiger partial charge in [-0.1, -0.05) is 54.7 Å². The van der Waals surface area contributed by atoms with Gasteiger partial charge in [-0.3, -0.25) is 19.3 Å². The van der Waals surface area contributed by atoms with Crippen molar-refractivity contribution in [2.75, 3.05) is 26.7 Å². The lowest BCUT2D eigenvalue weighted by atomic mass is 9.98. The number of hydrogen-bond donors (Lipinski definition) is 4. The van der Waals surface area contributed by atoms with Crippen LogP contribution >= 0.6 is 23.2 Å².